The van der Waals surface area contributed by atoms with Crippen LogP contribution in [0.2, 0.25) is 0 Å². The topological polar surface area (TPSA) is 23.8 Å². The van der Waals surface area contributed by atoms with Crippen molar-refractivity contribution in [1.82, 2.24) is 0 Å². The monoisotopic (exact) mass is 257 g/mol. The van der Waals surface area contributed by atoms with Crippen LogP contribution in [-0.2, 0) is 12.6 Å². The average Bonchev–Trinajstić information content (AvgIpc) is 2.19. The zero-order chi connectivity index (χ0) is 13.4. The molecule has 0 atom stereocenters. The van der Waals surface area contributed by atoms with Crippen molar-refractivity contribution >= 4 is 0 Å². The van der Waals surface area contributed by atoms with E-state index in [-0.39, 0.29) is 0 Å². The lowest BCUT2D eigenvalue weighted by Crippen LogP contribution is -2.17. The Labute approximate surface area is 90.1 Å². The van der Waals surface area contributed by atoms with E-state index in [0.717, 1.165) is 6.07 Å². The molecule has 0 saturated carbocycles. The van der Waals surface area contributed by atoms with Crippen molar-refractivity contribution in [3.05, 3.63) is 34.4 Å². The minimum atomic E-state index is -5.52. The van der Waals surface area contributed by atoms with E-state index < -0.39 is 47.0 Å². The standard InChI is InChI=1S/C9H2F7N/c10-5-3(1-2-17)6(11)8(13)7(12)4(5)9(14,15)16/h1H2. The molecule has 92 valence electrons. The average molecular weight is 257 g/mol. The molecule has 17 heavy (non-hydrogen) atoms. The number of halogens is 7. The van der Waals surface area contributed by atoms with Crippen molar-refractivity contribution < 1.29 is 30.7 Å². The Balaban J connectivity index is 3.69. The molecule has 0 aliphatic rings. The van der Waals surface area contributed by atoms with Crippen LogP contribution in [0.1, 0.15) is 11.1 Å². The van der Waals surface area contributed by atoms with Crippen LogP contribution in [-0.4, -0.2) is 0 Å². The molecule has 1 nitrogen and oxygen atoms in total. The number of nitriles is 1. The summed E-state index contributed by atoms with van der Waals surface area (Å²) in [7, 11) is 0. The van der Waals surface area contributed by atoms with Gasteiger partial charge in [-0.25, -0.2) is 17.6 Å². The molecule has 1 aromatic rings. The van der Waals surface area contributed by atoms with Gasteiger partial charge < -0.3 is 0 Å². The summed E-state index contributed by atoms with van der Waals surface area (Å²) in [6, 6.07) is 1.15. The number of rotatable bonds is 1. The molecule has 0 aliphatic heterocycles. The van der Waals surface area contributed by atoms with E-state index in [9.17, 15) is 30.7 Å². The molecule has 0 saturated heterocycles. The van der Waals surface area contributed by atoms with Crippen LogP contribution in [0.5, 0.6) is 0 Å². The maximum Gasteiger partial charge on any atom is 0.422 e. The van der Waals surface area contributed by atoms with Crippen molar-refractivity contribution in [2.24, 2.45) is 0 Å². The Kier molecular flexibility index (Phi) is 3.31. The molecule has 1 rings (SSSR count). The van der Waals surface area contributed by atoms with Gasteiger partial charge in [0.15, 0.2) is 17.5 Å². The third-order valence-corrected chi connectivity index (χ3v) is 1.89. The van der Waals surface area contributed by atoms with Crippen LogP contribution in [0.4, 0.5) is 30.7 Å². The van der Waals surface area contributed by atoms with Gasteiger partial charge in [-0.05, 0) is 0 Å². The SMILES string of the molecule is N#CCc1c(F)c(F)c(F)c(C(F)(F)F)c1F. The Bertz CT molecular complexity index is 498. The number of hydrogen-bond acceptors (Lipinski definition) is 1. The van der Waals surface area contributed by atoms with Gasteiger partial charge in [0.25, 0.3) is 0 Å². The van der Waals surface area contributed by atoms with Crippen LogP contribution in [0.3, 0.4) is 0 Å². The first-order valence-electron chi connectivity index (χ1n) is 4.00. The molecule has 0 heterocycles. The first-order chi connectivity index (χ1) is 7.71. The van der Waals surface area contributed by atoms with Gasteiger partial charge in [-0.2, -0.15) is 18.4 Å². The fraction of sp³-hybridized carbons (Fsp3) is 0.222. The largest absolute Gasteiger partial charge is 0.422 e. The highest BCUT2D eigenvalue weighted by Crippen LogP contribution is 2.37. The minimum Gasteiger partial charge on any atom is -0.206 e. The maximum atomic E-state index is 13.1. The second-order valence-corrected chi connectivity index (χ2v) is 2.94. The molecule has 8 heteroatoms. The molecule has 0 radical (unpaired) electrons. The molecule has 0 aromatic heterocycles. The molecule has 0 fully saturated rings. The van der Waals surface area contributed by atoms with Gasteiger partial charge in [0, 0.05) is 5.56 Å². The van der Waals surface area contributed by atoms with E-state index in [4.69, 9.17) is 5.26 Å². The number of alkyl halides is 3. The predicted molar refractivity (Wildman–Crippen MR) is 40.6 cm³/mol. The molecule has 0 bridgehead atoms. The van der Waals surface area contributed by atoms with Crippen LogP contribution >= 0.6 is 0 Å². The first kappa shape index (κ1) is 13.3. The van der Waals surface area contributed by atoms with E-state index in [1.165, 1.54) is 0 Å². The number of nitrogens with zero attached hydrogens (tertiary/aromatic N) is 1. The summed E-state index contributed by atoms with van der Waals surface area (Å²) in [6.45, 7) is 0. The lowest BCUT2D eigenvalue weighted by atomic mass is 10.0. The summed E-state index contributed by atoms with van der Waals surface area (Å²) in [5.41, 5.74) is -3.99. The summed E-state index contributed by atoms with van der Waals surface area (Å²) in [5, 5.41) is 8.14. The van der Waals surface area contributed by atoms with Crippen LogP contribution in [0.15, 0.2) is 0 Å². The van der Waals surface area contributed by atoms with Crippen molar-refractivity contribution in [2.75, 3.05) is 0 Å². The summed E-state index contributed by atoms with van der Waals surface area (Å²) in [6.07, 6.45) is -6.66. The molecule has 0 unspecified atom stereocenters. The zero-order valence-electron chi connectivity index (χ0n) is 7.80. The molecular weight excluding hydrogens is 255 g/mol. The Morgan fingerprint density at radius 1 is 0.882 bits per heavy atom. The zero-order valence-corrected chi connectivity index (χ0v) is 7.80. The van der Waals surface area contributed by atoms with Crippen molar-refractivity contribution in [3.63, 3.8) is 0 Å². The van der Waals surface area contributed by atoms with Crippen molar-refractivity contribution in [1.29, 1.82) is 5.26 Å². The third-order valence-electron chi connectivity index (χ3n) is 1.89. The normalized spacial score (nSPS) is 11.4. The van der Waals surface area contributed by atoms with Crippen molar-refractivity contribution in [3.8, 4) is 6.07 Å². The molecule has 0 spiro atoms. The summed E-state index contributed by atoms with van der Waals surface area (Å²) >= 11 is 0. The predicted octanol–water partition coefficient (Wildman–Crippen LogP) is 3.33. The Morgan fingerprint density at radius 2 is 1.41 bits per heavy atom. The molecule has 0 aliphatic carbocycles. The van der Waals surface area contributed by atoms with Crippen LogP contribution in [0.25, 0.3) is 0 Å². The fourth-order valence-electron chi connectivity index (χ4n) is 1.17. The van der Waals surface area contributed by atoms with Gasteiger partial charge >= 0.3 is 6.18 Å². The summed E-state index contributed by atoms with van der Waals surface area (Å²) < 4.78 is 88.2. The van der Waals surface area contributed by atoms with Gasteiger partial charge in [-0.1, -0.05) is 0 Å². The Hall–Kier alpha value is -1.78. The fourth-order valence-corrected chi connectivity index (χ4v) is 1.17. The quantitative estimate of drug-likeness (QED) is 0.430. The van der Waals surface area contributed by atoms with E-state index in [0.29, 0.717) is 0 Å². The highest BCUT2D eigenvalue weighted by Gasteiger charge is 2.41. The van der Waals surface area contributed by atoms with Gasteiger partial charge in [-0.15, -0.1) is 0 Å². The van der Waals surface area contributed by atoms with Gasteiger partial charge in [-0.3, -0.25) is 0 Å². The number of hydrogen-bond donors (Lipinski definition) is 0. The van der Waals surface area contributed by atoms with Crippen LogP contribution in [0, 0.1) is 34.6 Å². The second-order valence-electron chi connectivity index (χ2n) is 2.94. The van der Waals surface area contributed by atoms with E-state index in [1.54, 1.807) is 0 Å². The first-order valence-corrected chi connectivity index (χ1v) is 4.00. The Morgan fingerprint density at radius 3 is 1.82 bits per heavy atom. The molecule has 0 amide bonds. The second kappa shape index (κ2) is 4.24. The van der Waals surface area contributed by atoms with Gasteiger partial charge in [0.2, 0.25) is 0 Å². The summed E-state index contributed by atoms with van der Waals surface area (Å²) in [5.74, 6) is -9.55. The molecular formula is C9H2F7N. The molecule has 1 aromatic carbocycles. The van der Waals surface area contributed by atoms with E-state index in [2.05, 4.69) is 0 Å². The van der Waals surface area contributed by atoms with E-state index >= 15 is 0 Å². The minimum absolute atomic E-state index is 1.14. The highest BCUT2D eigenvalue weighted by atomic mass is 19.4. The smallest absolute Gasteiger partial charge is 0.206 e. The highest BCUT2D eigenvalue weighted by molar-refractivity contribution is 5.33. The van der Waals surface area contributed by atoms with Gasteiger partial charge in [0.1, 0.15) is 11.4 Å². The summed E-state index contributed by atoms with van der Waals surface area (Å²) in [4.78, 5) is 0. The maximum absolute atomic E-state index is 13.1. The lowest BCUT2D eigenvalue weighted by molar-refractivity contribution is -0.143. The lowest BCUT2D eigenvalue weighted by Gasteiger charge is -2.12. The van der Waals surface area contributed by atoms with Gasteiger partial charge in [0.05, 0.1) is 12.5 Å². The van der Waals surface area contributed by atoms with Crippen molar-refractivity contribution in [2.45, 2.75) is 12.6 Å². The third kappa shape index (κ3) is 2.18. The number of benzene rings is 1. The van der Waals surface area contributed by atoms with Crippen LogP contribution < -0.4 is 0 Å². The molecule has 0 N–H and O–H groups in total. The van der Waals surface area contributed by atoms with E-state index in [1.807, 2.05) is 0 Å².